The Morgan fingerprint density at radius 1 is 0.935 bits per heavy atom. The number of sulfonamides is 1. The first kappa shape index (κ1) is 21.1. The van der Waals surface area contributed by atoms with Crippen LogP contribution in [0.4, 0.5) is 21.8 Å². The van der Waals surface area contributed by atoms with E-state index in [9.17, 15) is 12.8 Å². The first-order valence-electron chi connectivity index (χ1n) is 9.87. The Morgan fingerprint density at radius 3 is 2.39 bits per heavy atom. The average molecular weight is 443 g/mol. The highest BCUT2D eigenvalue weighted by molar-refractivity contribution is 7.89. The Bertz CT molecular complexity index is 1180. The summed E-state index contributed by atoms with van der Waals surface area (Å²) in [5.41, 5.74) is 1.62. The van der Waals surface area contributed by atoms with Crippen LogP contribution in [-0.2, 0) is 10.0 Å². The first-order chi connectivity index (χ1) is 14.8. The maximum Gasteiger partial charge on any atom is 0.243 e. The number of aromatic nitrogens is 3. The number of hydrogen-bond donors (Lipinski definition) is 1. The number of aryl methyl sites for hydroxylation is 2. The summed E-state index contributed by atoms with van der Waals surface area (Å²) in [6.45, 7) is 5.15. The van der Waals surface area contributed by atoms with Gasteiger partial charge in [-0.3, -0.25) is 0 Å². The van der Waals surface area contributed by atoms with Gasteiger partial charge in [0.1, 0.15) is 11.6 Å². The van der Waals surface area contributed by atoms with Crippen molar-refractivity contribution in [2.45, 2.75) is 18.7 Å². The molecule has 1 N–H and O–H groups in total. The molecular formula is C21H23FN6O2S. The molecule has 31 heavy (non-hydrogen) atoms. The fourth-order valence-electron chi connectivity index (χ4n) is 3.44. The number of nitrogens with one attached hydrogen (secondary N) is 1. The Labute approximate surface area is 180 Å². The van der Waals surface area contributed by atoms with Crippen LogP contribution >= 0.6 is 0 Å². The summed E-state index contributed by atoms with van der Waals surface area (Å²) in [4.78, 5) is 6.23. The van der Waals surface area contributed by atoms with E-state index in [2.05, 4.69) is 20.5 Å². The molecule has 1 aliphatic rings. The van der Waals surface area contributed by atoms with Crippen molar-refractivity contribution in [3.8, 4) is 0 Å². The van der Waals surface area contributed by atoms with Gasteiger partial charge in [0.25, 0.3) is 0 Å². The van der Waals surface area contributed by atoms with Crippen molar-refractivity contribution in [2.24, 2.45) is 0 Å². The van der Waals surface area contributed by atoms with E-state index >= 15 is 0 Å². The predicted octanol–water partition coefficient (Wildman–Crippen LogP) is 2.88. The molecule has 162 valence electrons. The van der Waals surface area contributed by atoms with E-state index in [-0.39, 0.29) is 18.0 Å². The van der Waals surface area contributed by atoms with Gasteiger partial charge in [-0.05, 0) is 61.4 Å². The Kier molecular flexibility index (Phi) is 5.84. The van der Waals surface area contributed by atoms with Crippen LogP contribution in [-0.4, -0.2) is 54.1 Å². The molecule has 1 aromatic carbocycles. The lowest BCUT2D eigenvalue weighted by molar-refractivity contribution is 0.383. The fraction of sp³-hybridized carbons (Fsp3) is 0.286. The summed E-state index contributed by atoms with van der Waals surface area (Å²) in [5, 5.41) is 11.6. The molecule has 1 fully saturated rings. The van der Waals surface area contributed by atoms with Crippen molar-refractivity contribution in [3.63, 3.8) is 0 Å². The lowest BCUT2D eigenvalue weighted by atomic mass is 10.2. The van der Waals surface area contributed by atoms with Crippen LogP contribution in [0.15, 0.2) is 53.6 Å². The fourth-order valence-corrected chi connectivity index (χ4v) is 5.10. The van der Waals surface area contributed by atoms with E-state index in [0.29, 0.717) is 36.1 Å². The SMILES string of the molecule is Cc1ccnc(Nc2ccc(N3CCN(S(=O)(=O)c4cc(F)ccc4C)CC3)nn2)c1. The molecule has 0 bridgehead atoms. The third kappa shape index (κ3) is 4.64. The van der Waals surface area contributed by atoms with E-state index in [4.69, 9.17) is 0 Å². The molecular weight excluding hydrogens is 419 g/mol. The second-order valence-electron chi connectivity index (χ2n) is 7.42. The number of benzene rings is 1. The molecule has 2 aromatic heterocycles. The van der Waals surface area contributed by atoms with Gasteiger partial charge in [0.05, 0.1) is 4.90 Å². The summed E-state index contributed by atoms with van der Waals surface area (Å²) in [5.74, 6) is 1.37. The molecule has 4 rings (SSSR count). The zero-order valence-electron chi connectivity index (χ0n) is 17.3. The molecule has 0 saturated carbocycles. The van der Waals surface area contributed by atoms with Crippen molar-refractivity contribution in [1.29, 1.82) is 0 Å². The summed E-state index contributed by atoms with van der Waals surface area (Å²) in [6.07, 6.45) is 1.72. The maximum atomic E-state index is 13.6. The number of piperazine rings is 1. The van der Waals surface area contributed by atoms with Gasteiger partial charge >= 0.3 is 0 Å². The highest BCUT2D eigenvalue weighted by Crippen LogP contribution is 2.23. The van der Waals surface area contributed by atoms with E-state index in [0.717, 1.165) is 11.6 Å². The van der Waals surface area contributed by atoms with Crippen LogP contribution in [0.3, 0.4) is 0 Å². The predicted molar refractivity (Wildman–Crippen MR) is 116 cm³/mol. The quantitative estimate of drug-likeness (QED) is 0.650. The third-order valence-corrected chi connectivity index (χ3v) is 7.19. The molecule has 3 heterocycles. The molecule has 1 aliphatic heterocycles. The van der Waals surface area contributed by atoms with Gasteiger partial charge in [-0.15, -0.1) is 10.2 Å². The molecule has 8 nitrogen and oxygen atoms in total. The highest BCUT2D eigenvalue weighted by Gasteiger charge is 2.30. The lowest BCUT2D eigenvalue weighted by Crippen LogP contribution is -2.49. The topological polar surface area (TPSA) is 91.3 Å². The Balaban J connectivity index is 1.41. The molecule has 0 spiro atoms. The van der Waals surface area contributed by atoms with Gasteiger partial charge in [-0.1, -0.05) is 6.07 Å². The molecule has 0 unspecified atom stereocenters. The number of anilines is 3. The number of pyridine rings is 1. The maximum absolute atomic E-state index is 13.6. The number of hydrogen-bond acceptors (Lipinski definition) is 7. The smallest absolute Gasteiger partial charge is 0.243 e. The van der Waals surface area contributed by atoms with Gasteiger partial charge in [0, 0.05) is 32.4 Å². The molecule has 0 amide bonds. The highest BCUT2D eigenvalue weighted by atomic mass is 32.2. The zero-order chi connectivity index (χ0) is 22.0. The normalized spacial score (nSPS) is 15.1. The standard InChI is InChI=1S/C21H23FN6O2S/c1-15-7-8-23-20(13-15)24-19-5-6-21(26-25-19)27-9-11-28(12-10-27)31(29,30)18-14-17(22)4-3-16(18)2/h3-8,13-14H,9-12H2,1-2H3,(H,23,24,25). The molecule has 3 aromatic rings. The Hall–Kier alpha value is -3.11. The minimum atomic E-state index is -3.75. The molecule has 0 aliphatic carbocycles. The van der Waals surface area contributed by atoms with Crippen LogP contribution < -0.4 is 10.2 Å². The molecule has 0 atom stereocenters. The van der Waals surface area contributed by atoms with Crippen molar-refractivity contribution in [2.75, 3.05) is 36.4 Å². The molecule has 1 saturated heterocycles. The van der Waals surface area contributed by atoms with Crippen molar-refractivity contribution < 1.29 is 12.8 Å². The van der Waals surface area contributed by atoms with Gasteiger partial charge in [-0.25, -0.2) is 17.8 Å². The number of halogens is 1. The van der Waals surface area contributed by atoms with Crippen LogP contribution in [0.25, 0.3) is 0 Å². The zero-order valence-corrected chi connectivity index (χ0v) is 18.1. The van der Waals surface area contributed by atoms with Gasteiger partial charge in [0.15, 0.2) is 11.6 Å². The third-order valence-electron chi connectivity index (χ3n) is 5.15. The second-order valence-corrected chi connectivity index (χ2v) is 9.33. The summed E-state index contributed by atoms with van der Waals surface area (Å²) in [6, 6.07) is 11.3. The number of nitrogens with zero attached hydrogens (tertiary/aromatic N) is 5. The van der Waals surface area contributed by atoms with Crippen molar-refractivity contribution in [3.05, 3.63) is 65.6 Å². The lowest BCUT2D eigenvalue weighted by Gasteiger charge is -2.34. The van der Waals surface area contributed by atoms with Gasteiger partial charge < -0.3 is 10.2 Å². The molecule has 10 heteroatoms. The average Bonchev–Trinajstić information content (AvgIpc) is 2.76. The van der Waals surface area contributed by atoms with Crippen LogP contribution in [0.5, 0.6) is 0 Å². The monoisotopic (exact) mass is 442 g/mol. The van der Waals surface area contributed by atoms with Gasteiger partial charge in [0.2, 0.25) is 10.0 Å². The van der Waals surface area contributed by atoms with E-state index in [1.54, 1.807) is 13.1 Å². The number of rotatable bonds is 5. The minimum Gasteiger partial charge on any atom is -0.352 e. The Morgan fingerprint density at radius 2 is 1.71 bits per heavy atom. The van der Waals surface area contributed by atoms with Gasteiger partial charge in [-0.2, -0.15) is 4.31 Å². The van der Waals surface area contributed by atoms with E-state index in [1.807, 2.05) is 36.1 Å². The van der Waals surface area contributed by atoms with Crippen LogP contribution in [0.2, 0.25) is 0 Å². The minimum absolute atomic E-state index is 0.0147. The van der Waals surface area contributed by atoms with Crippen LogP contribution in [0.1, 0.15) is 11.1 Å². The second kappa shape index (κ2) is 8.56. The summed E-state index contributed by atoms with van der Waals surface area (Å²) < 4.78 is 40.9. The largest absolute Gasteiger partial charge is 0.352 e. The molecule has 0 radical (unpaired) electrons. The summed E-state index contributed by atoms with van der Waals surface area (Å²) >= 11 is 0. The van der Waals surface area contributed by atoms with Crippen LogP contribution in [0, 0.1) is 19.7 Å². The van der Waals surface area contributed by atoms with E-state index < -0.39 is 15.8 Å². The van der Waals surface area contributed by atoms with E-state index in [1.165, 1.54) is 16.4 Å². The van der Waals surface area contributed by atoms with Crippen molar-refractivity contribution in [1.82, 2.24) is 19.5 Å². The summed E-state index contributed by atoms with van der Waals surface area (Å²) in [7, 11) is -3.75. The van der Waals surface area contributed by atoms with Crippen molar-refractivity contribution >= 4 is 27.5 Å². The first-order valence-corrected chi connectivity index (χ1v) is 11.3.